The van der Waals surface area contributed by atoms with Crippen LogP contribution in [0.25, 0.3) is 22.2 Å². The molecule has 0 saturated heterocycles. The Morgan fingerprint density at radius 3 is 2.52 bits per heavy atom. The Labute approximate surface area is 152 Å². The topological polar surface area (TPSA) is 41.8 Å². The van der Waals surface area contributed by atoms with E-state index in [1.807, 2.05) is 24.3 Å². The number of fused-ring (bicyclic) bond motifs is 1. The molecule has 1 heterocycles. The number of rotatable bonds is 5. The molecule has 0 radical (unpaired) electrons. The summed E-state index contributed by atoms with van der Waals surface area (Å²) in [7, 11) is 0. The summed E-state index contributed by atoms with van der Waals surface area (Å²) < 4.78 is 40.2. The van der Waals surface area contributed by atoms with Crippen molar-refractivity contribution in [2.24, 2.45) is 5.73 Å². The molecule has 0 amide bonds. The van der Waals surface area contributed by atoms with Gasteiger partial charge >= 0.3 is 6.18 Å². The second-order valence-electron chi connectivity index (χ2n) is 5.99. The van der Waals surface area contributed by atoms with Crippen LogP contribution in [-0.4, -0.2) is 11.5 Å². The number of unbranched alkanes of at least 4 members (excludes halogenated alkanes) is 1. The van der Waals surface area contributed by atoms with Crippen molar-refractivity contribution < 1.29 is 13.2 Å². The zero-order chi connectivity index (χ0) is 18.0. The van der Waals surface area contributed by atoms with Crippen molar-refractivity contribution >= 4 is 26.8 Å². The molecular weight excluding hydrogens is 393 g/mol. The molecule has 2 aromatic carbocycles. The summed E-state index contributed by atoms with van der Waals surface area (Å²) in [4.78, 5) is 3.29. The fourth-order valence-electron chi connectivity index (χ4n) is 3.02. The quantitative estimate of drug-likeness (QED) is 0.505. The van der Waals surface area contributed by atoms with Crippen LogP contribution < -0.4 is 5.73 Å². The first kappa shape index (κ1) is 18.0. The molecule has 6 heteroatoms. The third kappa shape index (κ3) is 3.90. The van der Waals surface area contributed by atoms with Crippen molar-refractivity contribution in [2.75, 3.05) is 6.54 Å². The van der Waals surface area contributed by atoms with E-state index < -0.39 is 11.7 Å². The molecule has 0 spiro atoms. The largest absolute Gasteiger partial charge is 0.416 e. The molecule has 3 aromatic rings. The normalized spacial score (nSPS) is 12.0. The van der Waals surface area contributed by atoms with Crippen LogP contribution in [0.2, 0.25) is 0 Å². The van der Waals surface area contributed by atoms with Crippen LogP contribution in [0.1, 0.15) is 24.0 Å². The Morgan fingerprint density at radius 1 is 1.04 bits per heavy atom. The lowest BCUT2D eigenvalue weighted by atomic mass is 9.99. The summed E-state index contributed by atoms with van der Waals surface area (Å²) in [6.45, 7) is 0.572. The van der Waals surface area contributed by atoms with E-state index in [0.29, 0.717) is 23.9 Å². The number of benzene rings is 2. The number of alkyl halides is 3. The lowest BCUT2D eigenvalue weighted by Gasteiger charge is -2.08. The van der Waals surface area contributed by atoms with Gasteiger partial charge in [-0.2, -0.15) is 13.2 Å². The number of hydrogen-bond donors (Lipinski definition) is 2. The maximum atomic E-state index is 13.1. The number of aromatic amines is 1. The minimum atomic E-state index is -4.35. The molecular formula is C19H18BrF3N2. The van der Waals surface area contributed by atoms with Gasteiger partial charge in [-0.15, -0.1) is 0 Å². The van der Waals surface area contributed by atoms with Crippen molar-refractivity contribution in [1.29, 1.82) is 0 Å². The van der Waals surface area contributed by atoms with E-state index in [1.54, 1.807) is 0 Å². The monoisotopic (exact) mass is 410 g/mol. The number of nitrogens with two attached hydrogens (primary N) is 1. The molecule has 0 fully saturated rings. The molecule has 0 aliphatic heterocycles. The summed E-state index contributed by atoms with van der Waals surface area (Å²) in [6.07, 6.45) is -2.00. The molecule has 0 atom stereocenters. The van der Waals surface area contributed by atoms with E-state index in [-0.39, 0.29) is 0 Å². The van der Waals surface area contributed by atoms with E-state index in [0.717, 1.165) is 40.2 Å². The Balaban J connectivity index is 2.16. The van der Waals surface area contributed by atoms with Crippen LogP contribution in [0.4, 0.5) is 13.2 Å². The van der Waals surface area contributed by atoms with Gasteiger partial charge < -0.3 is 10.7 Å². The van der Waals surface area contributed by atoms with E-state index >= 15 is 0 Å². The predicted molar refractivity (Wildman–Crippen MR) is 98.4 cm³/mol. The number of aryl methyl sites for hydroxylation is 1. The lowest BCUT2D eigenvalue weighted by Crippen LogP contribution is -2.04. The fourth-order valence-corrected chi connectivity index (χ4v) is 3.42. The minimum absolute atomic E-state index is 0.572. The number of H-pyrrole nitrogens is 1. The number of nitrogens with one attached hydrogen (secondary N) is 1. The highest BCUT2D eigenvalue weighted by Gasteiger charge is 2.31. The molecule has 132 valence electrons. The maximum Gasteiger partial charge on any atom is 0.416 e. The molecule has 0 saturated carbocycles. The Kier molecular flexibility index (Phi) is 5.20. The molecule has 0 unspecified atom stereocenters. The van der Waals surface area contributed by atoms with E-state index in [4.69, 9.17) is 5.73 Å². The van der Waals surface area contributed by atoms with Crippen molar-refractivity contribution in [3.8, 4) is 11.3 Å². The van der Waals surface area contributed by atoms with E-state index in [1.165, 1.54) is 12.1 Å². The number of hydrogen-bond acceptors (Lipinski definition) is 1. The van der Waals surface area contributed by atoms with Gasteiger partial charge in [0.15, 0.2) is 0 Å². The van der Waals surface area contributed by atoms with Crippen molar-refractivity contribution in [3.63, 3.8) is 0 Å². The predicted octanol–water partition coefficient (Wildman–Crippen LogP) is 5.90. The molecule has 0 aliphatic rings. The van der Waals surface area contributed by atoms with Gasteiger partial charge in [-0.25, -0.2) is 0 Å². The maximum absolute atomic E-state index is 13.1. The minimum Gasteiger partial charge on any atom is -0.354 e. The second-order valence-corrected chi connectivity index (χ2v) is 6.91. The van der Waals surface area contributed by atoms with Crippen LogP contribution in [0.5, 0.6) is 0 Å². The fraction of sp³-hybridized carbons (Fsp3) is 0.263. The first-order valence-electron chi connectivity index (χ1n) is 8.08. The van der Waals surface area contributed by atoms with Crippen molar-refractivity contribution in [2.45, 2.75) is 25.4 Å². The van der Waals surface area contributed by atoms with Crippen LogP contribution in [-0.2, 0) is 12.6 Å². The third-order valence-electron chi connectivity index (χ3n) is 4.23. The molecule has 25 heavy (non-hydrogen) atoms. The zero-order valence-corrected chi connectivity index (χ0v) is 15.0. The van der Waals surface area contributed by atoms with Crippen LogP contribution in [0, 0.1) is 0 Å². The summed E-state index contributed by atoms with van der Waals surface area (Å²) >= 11 is 3.45. The standard InChI is InChI=1S/C19H18BrF3N2/c20-14-5-3-4-12(10-14)18-15(6-1-2-9-24)16-11-13(19(21,22)23)7-8-17(16)25-18/h3-5,7-8,10-11,25H,1-2,6,9,24H2. The SMILES string of the molecule is NCCCCc1c(-c2cccc(Br)c2)[nH]c2ccc(C(F)(F)F)cc12. The summed E-state index contributed by atoms with van der Waals surface area (Å²) in [5, 5.41) is 0.627. The first-order valence-corrected chi connectivity index (χ1v) is 8.87. The third-order valence-corrected chi connectivity index (χ3v) is 4.72. The molecule has 3 rings (SSSR count). The van der Waals surface area contributed by atoms with Crippen LogP contribution >= 0.6 is 15.9 Å². The van der Waals surface area contributed by atoms with Crippen molar-refractivity contribution in [1.82, 2.24) is 4.98 Å². The van der Waals surface area contributed by atoms with Gasteiger partial charge in [0.2, 0.25) is 0 Å². The van der Waals surface area contributed by atoms with E-state index in [2.05, 4.69) is 20.9 Å². The van der Waals surface area contributed by atoms with Gasteiger partial charge in [0, 0.05) is 21.1 Å². The number of halogens is 4. The van der Waals surface area contributed by atoms with Gasteiger partial charge in [0.1, 0.15) is 0 Å². The zero-order valence-electron chi connectivity index (χ0n) is 13.5. The molecule has 0 aliphatic carbocycles. The average Bonchev–Trinajstić information content (AvgIpc) is 2.92. The Bertz CT molecular complexity index is 884. The lowest BCUT2D eigenvalue weighted by molar-refractivity contribution is -0.137. The van der Waals surface area contributed by atoms with Crippen LogP contribution in [0.15, 0.2) is 46.9 Å². The smallest absolute Gasteiger partial charge is 0.354 e. The first-order chi connectivity index (χ1) is 11.9. The van der Waals surface area contributed by atoms with Gasteiger partial charge in [-0.05, 0) is 67.3 Å². The Hall–Kier alpha value is -1.79. The average molecular weight is 411 g/mol. The summed E-state index contributed by atoms with van der Waals surface area (Å²) in [6, 6.07) is 11.6. The van der Waals surface area contributed by atoms with Gasteiger partial charge in [0.25, 0.3) is 0 Å². The molecule has 0 bridgehead atoms. The summed E-state index contributed by atoms with van der Waals surface area (Å²) in [5.74, 6) is 0. The highest BCUT2D eigenvalue weighted by molar-refractivity contribution is 9.10. The highest BCUT2D eigenvalue weighted by atomic mass is 79.9. The van der Waals surface area contributed by atoms with Crippen LogP contribution in [0.3, 0.4) is 0 Å². The number of aromatic nitrogens is 1. The van der Waals surface area contributed by atoms with E-state index in [9.17, 15) is 13.2 Å². The van der Waals surface area contributed by atoms with Gasteiger partial charge in [-0.1, -0.05) is 28.1 Å². The Morgan fingerprint density at radius 2 is 1.84 bits per heavy atom. The van der Waals surface area contributed by atoms with Crippen molar-refractivity contribution in [3.05, 3.63) is 58.1 Å². The second kappa shape index (κ2) is 7.22. The highest BCUT2D eigenvalue weighted by Crippen LogP contribution is 2.36. The molecule has 2 nitrogen and oxygen atoms in total. The molecule has 3 N–H and O–H groups in total. The molecule has 1 aromatic heterocycles. The van der Waals surface area contributed by atoms with Gasteiger partial charge in [-0.3, -0.25) is 0 Å². The van der Waals surface area contributed by atoms with Gasteiger partial charge in [0.05, 0.1) is 5.56 Å². The summed E-state index contributed by atoms with van der Waals surface area (Å²) in [5.41, 5.74) is 8.38.